The Morgan fingerprint density at radius 1 is 1.03 bits per heavy atom. The van der Waals surface area contributed by atoms with Crippen LogP contribution in [0.4, 0.5) is 11.4 Å². The fourth-order valence-electron chi connectivity index (χ4n) is 3.76. The molecule has 2 N–H and O–H groups in total. The van der Waals surface area contributed by atoms with Gasteiger partial charge in [0.25, 0.3) is 0 Å². The number of anilines is 2. The third kappa shape index (κ3) is 3.94. The van der Waals surface area contributed by atoms with Crippen molar-refractivity contribution >= 4 is 28.1 Å². The smallest absolute Gasteiger partial charge is 0.124 e. The summed E-state index contributed by atoms with van der Waals surface area (Å²) in [5.74, 6) is 2.24. The quantitative estimate of drug-likeness (QED) is 0.604. The molecule has 1 saturated carbocycles. The molecule has 160 valence electrons. The van der Waals surface area contributed by atoms with Crippen LogP contribution in [0.5, 0.6) is 11.5 Å². The largest absolute Gasteiger partial charge is 0.497 e. The molecule has 0 amide bonds. The highest BCUT2D eigenvalue weighted by molar-refractivity contribution is 5.82. The fourth-order valence-corrected chi connectivity index (χ4v) is 3.76. The number of aromatic nitrogens is 2. The third-order valence-electron chi connectivity index (χ3n) is 5.69. The van der Waals surface area contributed by atoms with Gasteiger partial charge in [-0.15, -0.1) is 5.53 Å². The minimum atomic E-state index is 0.694. The molecule has 5 rings (SSSR count). The average molecular weight is 419 g/mol. The van der Waals surface area contributed by atoms with Crippen molar-refractivity contribution in [3.8, 4) is 11.5 Å². The summed E-state index contributed by atoms with van der Waals surface area (Å²) in [6.07, 6.45) is 6.20. The SMILES string of the molecule is COc1cc(OC)cc(N(CC2CC2)c2ccc3ncc(C4=CNNN4C)nc3c2)c1. The van der Waals surface area contributed by atoms with Crippen molar-refractivity contribution in [2.75, 3.05) is 32.7 Å². The molecule has 1 aromatic heterocycles. The Morgan fingerprint density at radius 2 is 1.81 bits per heavy atom. The van der Waals surface area contributed by atoms with E-state index < -0.39 is 0 Å². The molecule has 2 heterocycles. The lowest BCUT2D eigenvalue weighted by Gasteiger charge is -2.26. The van der Waals surface area contributed by atoms with E-state index in [9.17, 15) is 0 Å². The number of fused-ring (bicyclic) bond motifs is 1. The van der Waals surface area contributed by atoms with E-state index in [-0.39, 0.29) is 0 Å². The summed E-state index contributed by atoms with van der Waals surface area (Å²) in [4.78, 5) is 11.8. The van der Waals surface area contributed by atoms with Crippen LogP contribution in [-0.2, 0) is 0 Å². The van der Waals surface area contributed by atoms with E-state index in [1.54, 1.807) is 20.4 Å². The number of rotatable bonds is 7. The summed E-state index contributed by atoms with van der Waals surface area (Å²) in [6, 6.07) is 12.2. The van der Waals surface area contributed by atoms with Gasteiger partial charge < -0.3 is 19.8 Å². The Kier molecular flexibility index (Phi) is 4.99. The van der Waals surface area contributed by atoms with Gasteiger partial charge in [-0.2, -0.15) is 0 Å². The van der Waals surface area contributed by atoms with Crippen LogP contribution in [0.1, 0.15) is 18.5 Å². The van der Waals surface area contributed by atoms with Gasteiger partial charge in [0.15, 0.2) is 0 Å². The van der Waals surface area contributed by atoms with Gasteiger partial charge in [0.1, 0.15) is 17.2 Å². The van der Waals surface area contributed by atoms with Crippen LogP contribution in [0.3, 0.4) is 0 Å². The molecule has 3 aromatic rings. The highest BCUT2D eigenvalue weighted by atomic mass is 16.5. The Labute approximate surface area is 181 Å². The normalized spacial score (nSPS) is 15.6. The second-order valence-corrected chi connectivity index (χ2v) is 7.90. The summed E-state index contributed by atoms with van der Waals surface area (Å²) in [5, 5.41) is 1.88. The van der Waals surface area contributed by atoms with Crippen LogP contribution in [-0.4, -0.2) is 42.8 Å². The number of methoxy groups -OCH3 is 2. The average Bonchev–Trinajstić information content (AvgIpc) is 3.53. The third-order valence-corrected chi connectivity index (χ3v) is 5.69. The minimum Gasteiger partial charge on any atom is -0.497 e. The lowest BCUT2D eigenvalue weighted by atomic mass is 10.1. The van der Waals surface area contributed by atoms with Crippen molar-refractivity contribution in [3.63, 3.8) is 0 Å². The maximum Gasteiger partial charge on any atom is 0.124 e. The topological polar surface area (TPSA) is 74.8 Å². The summed E-state index contributed by atoms with van der Waals surface area (Å²) >= 11 is 0. The molecular formula is C23H26N6O2. The number of hydrogen-bond acceptors (Lipinski definition) is 8. The van der Waals surface area contributed by atoms with Crippen LogP contribution in [0, 0.1) is 5.92 Å². The molecule has 0 spiro atoms. The van der Waals surface area contributed by atoms with Gasteiger partial charge in [-0.1, -0.05) is 0 Å². The molecule has 1 aliphatic heterocycles. The van der Waals surface area contributed by atoms with Crippen LogP contribution in [0.2, 0.25) is 0 Å². The molecule has 31 heavy (non-hydrogen) atoms. The van der Waals surface area contributed by atoms with Crippen LogP contribution in [0.15, 0.2) is 48.8 Å². The molecule has 0 bridgehead atoms. The van der Waals surface area contributed by atoms with E-state index in [4.69, 9.17) is 14.5 Å². The predicted octanol–water partition coefficient (Wildman–Crippen LogP) is 3.45. The molecule has 8 heteroatoms. The molecule has 8 nitrogen and oxygen atoms in total. The zero-order valence-electron chi connectivity index (χ0n) is 17.9. The number of nitrogens with zero attached hydrogens (tertiary/aromatic N) is 4. The summed E-state index contributed by atoms with van der Waals surface area (Å²) < 4.78 is 11.0. The van der Waals surface area contributed by atoms with E-state index in [0.717, 1.165) is 51.8 Å². The second-order valence-electron chi connectivity index (χ2n) is 7.90. The highest BCUT2D eigenvalue weighted by Gasteiger charge is 2.26. The predicted molar refractivity (Wildman–Crippen MR) is 121 cm³/mol. The zero-order valence-corrected chi connectivity index (χ0v) is 17.9. The Bertz CT molecular complexity index is 1120. The zero-order chi connectivity index (χ0) is 21.4. The van der Waals surface area contributed by atoms with Crippen molar-refractivity contribution in [2.24, 2.45) is 5.92 Å². The van der Waals surface area contributed by atoms with Gasteiger partial charge in [-0.05, 0) is 37.0 Å². The first-order valence-electron chi connectivity index (χ1n) is 10.4. The first kappa shape index (κ1) is 19.4. The van der Waals surface area contributed by atoms with Crippen molar-refractivity contribution in [3.05, 3.63) is 54.5 Å². The van der Waals surface area contributed by atoms with Gasteiger partial charge in [0, 0.05) is 49.4 Å². The summed E-state index contributed by atoms with van der Waals surface area (Å²) in [7, 11) is 5.28. The van der Waals surface area contributed by atoms with Crippen molar-refractivity contribution in [1.29, 1.82) is 0 Å². The van der Waals surface area contributed by atoms with E-state index in [1.165, 1.54) is 12.8 Å². The first-order valence-corrected chi connectivity index (χ1v) is 10.4. The molecule has 2 aliphatic rings. The summed E-state index contributed by atoms with van der Waals surface area (Å²) in [6.45, 7) is 0.941. The lowest BCUT2D eigenvalue weighted by molar-refractivity contribution is 0.343. The molecule has 1 fully saturated rings. The number of ether oxygens (including phenoxy) is 2. The lowest BCUT2D eigenvalue weighted by Crippen LogP contribution is -2.33. The van der Waals surface area contributed by atoms with E-state index in [1.807, 2.05) is 42.5 Å². The fraction of sp³-hybridized carbons (Fsp3) is 0.304. The Morgan fingerprint density at radius 3 is 2.45 bits per heavy atom. The van der Waals surface area contributed by atoms with Gasteiger partial charge in [-0.25, -0.2) is 4.98 Å². The number of nitrogens with one attached hydrogen (secondary N) is 2. The van der Waals surface area contributed by atoms with Crippen LogP contribution < -0.4 is 25.3 Å². The maximum absolute atomic E-state index is 5.51. The van der Waals surface area contributed by atoms with E-state index in [0.29, 0.717) is 5.92 Å². The molecule has 0 unspecified atom stereocenters. The van der Waals surface area contributed by atoms with Gasteiger partial charge in [0.05, 0.1) is 37.1 Å². The Balaban J connectivity index is 1.57. The van der Waals surface area contributed by atoms with Gasteiger partial charge >= 0.3 is 0 Å². The standard InChI is InChI=1S/C23H26N6O2/c1-28-23(13-25-27-28)22-12-24-20-7-6-16(10-21(20)26-22)29(14-15-4-5-15)17-8-18(30-2)11-19(9-17)31-3/h6-13,15,25,27H,4-5,14H2,1-3H3. The van der Waals surface area contributed by atoms with Crippen molar-refractivity contribution in [2.45, 2.75) is 12.8 Å². The highest BCUT2D eigenvalue weighted by Crippen LogP contribution is 2.38. The molecule has 2 aromatic carbocycles. The second kappa shape index (κ2) is 7.96. The van der Waals surface area contributed by atoms with Crippen LogP contribution in [0.25, 0.3) is 16.7 Å². The van der Waals surface area contributed by atoms with Gasteiger partial charge in [0.2, 0.25) is 0 Å². The van der Waals surface area contributed by atoms with Gasteiger partial charge in [-0.3, -0.25) is 9.99 Å². The van der Waals surface area contributed by atoms with E-state index in [2.05, 4.69) is 33.0 Å². The monoisotopic (exact) mass is 418 g/mol. The molecule has 0 saturated heterocycles. The molecular weight excluding hydrogens is 392 g/mol. The summed E-state index contributed by atoms with van der Waals surface area (Å²) in [5.41, 5.74) is 11.6. The number of hydrogen-bond donors (Lipinski definition) is 2. The molecule has 1 aliphatic carbocycles. The minimum absolute atomic E-state index is 0.694. The first-order chi connectivity index (χ1) is 15.1. The molecule has 0 radical (unpaired) electrons. The number of hydrazine groups is 2. The van der Waals surface area contributed by atoms with Crippen molar-refractivity contribution < 1.29 is 9.47 Å². The van der Waals surface area contributed by atoms with Crippen molar-refractivity contribution in [1.82, 2.24) is 25.9 Å². The maximum atomic E-state index is 5.51. The Hall–Kier alpha value is -3.52. The number of benzene rings is 2. The van der Waals surface area contributed by atoms with E-state index >= 15 is 0 Å². The van der Waals surface area contributed by atoms with Crippen LogP contribution >= 0.6 is 0 Å². The molecule has 0 atom stereocenters.